The summed E-state index contributed by atoms with van der Waals surface area (Å²) in [6, 6.07) is -13.2. The standard InChI is InChI=1S/C53H92N20O13/c1-28(2)23-36(69-42(76)31(55)24-30-25-61-27-64-30)46(80)71-41(29(3)4)48(82)67-32(11-5-6-18-54)43(77)65-33(12-7-19-62-52(57)58)44(78)66-34(16-17-40(56)75)45(79)68-35(13-8-20-63-53(59)60)49(83)72-21-9-14-38(72)47(81)70-37(26-74)50(84)73-22-10-15-39(73)51(85)86/h25,27-29,31-39,41,74H,5-24,26,54-55H2,1-4H3,(H2,56,75)(H,61,64)(H,65,77)(H,66,78)(H,67,82)(H,68,79)(H,69,76)(H,70,81)(H,71,80)(H,85,86)(H4,57,58,62)(H4,59,60,63)/t31-,32-,33-,34-,35-,36-,37-,38-,39-,41-/m0/s1. The molecule has 0 saturated carbocycles. The lowest BCUT2D eigenvalue weighted by atomic mass is 9.98. The van der Waals surface area contributed by atoms with E-state index in [1.807, 2.05) is 13.8 Å². The number of aliphatic hydroxyl groups excluding tert-OH is 1. The number of H-pyrrole nitrogens is 1. The monoisotopic (exact) mass is 1220 g/mol. The van der Waals surface area contributed by atoms with Crippen LogP contribution in [0.25, 0.3) is 0 Å². The number of aliphatic hydroxyl groups is 1. The molecule has 0 bridgehead atoms. The molecule has 0 spiro atoms. The molecule has 3 rings (SSSR count). The molecule has 2 aliphatic rings. The van der Waals surface area contributed by atoms with Crippen LogP contribution in [0.15, 0.2) is 22.5 Å². The molecule has 33 nitrogen and oxygen atoms in total. The van der Waals surface area contributed by atoms with Gasteiger partial charge in [-0.2, -0.15) is 0 Å². The Morgan fingerprint density at radius 2 is 1.12 bits per heavy atom. The Labute approximate surface area is 499 Å². The molecule has 0 aliphatic carbocycles. The molecular formula is C53H92N20O13. The van der Waals surface area contributed by atoms with Crippen molar-refractivity contribution >= 4 is 77.0 Å². The second-order valence-corrected chi connectivity index (χ2v) is 22.2. The fourth-order valence-electron chi connectivity index (χ4n) is 9.87. The van der Waals surface area contributed by atoms with E-state index >= 15 is 0 Å². The van der Waals surface area contributed by atoms with Gasteiger partial charge in [0.1, 0.15) is 54.4 Å². The number of nitrogens with zero attached hydrogens (tertiary/aromatic N) is 5. The van der Waals surface area contributed by atoms with Crippen molar-refractivity contribution in [1.29, 1.82) is 0 Å². The number of amides is 10. The molecule has 3 heterocycles. The number of carbonyl (C=O) groups excluding carboxylic acids is 10. The summed E-state index contributed by atoms with van der Waals surface area (Å²) in [5.41, 5.74) is 40.3. The van der Waals surface area contributed by atoms with E-state index in [9.17, 15) is 63.0 Å². The van der Waals surface area contributed by atoms with Crippen LogP contribution in [0.2, 0.25) is 0 Å². The van der Waals surface area contributed by atoms with Gasteiger partial charge in [0.25, 0.3) is 0 Å². The van der Waals surface area contributed by atoms with E-state index in [1.165, 1.54) is 17.4 Å². The predicted molar refractivity (Wildman–Crippen MR) is 313 cm³/mol. The highest BCUT2D eigenvalue weighted by Crippen LogP contribution is 2.22. The number of primary amides is 1. The van der Waals surface area contributed by atoms with Crippen LogP contribution in [-0.2, 0) is 59.2 Å². The van der Waals surface area contributed by atoms with Gasteiger partial charge in [0.2, 0.25) is 59.1 Å². The summed E-state index contributed by atoms with van der Waals surface area (Å²) < 4.78 is 0. The van der Waals surface area contributed by atoms with Crippen LogP contribution >= 0.6 is 0 Å². The largest absolute Gasteiger partial charge is 0.480 e. The van der Waals surface area contributed by atoms with Crippen LogP contribution in [0.5, 0.6) is 0 Å². The fraction of sp³-hybridized carbons (Fsp3) is 0.698. The molecule has 24 N–H and O–H groups in total. The number of aliphatic carboxylic acids is 1. The molecule has 86 heavy (non-hydrogen) atoms. The average molecular weight is 1220 g/mol. The number of hydrogen-bond acceptors (Lipinski definition) is 17. The molecule has 1 aromatic rings. The smallest absolute Gasteiger partial charge is 0.326 e. The zero-order valence-electron chi connectivity index (χ0n) is 49.6. The number of aromatic amines is 1. The van der Waals surface area contributed by atoms with Gasteiger partial charge in [0, 0.05) is 50.9 Å². The zero-order chi connectivity index (χ0) is 64.2. The van der Waals surface area contributed by atoms with Gasteiger partial charge >= 0.3 is 5.97 Å². The van der Waals surface area contributed by atoms with E-state index in [-0.39, 0.29) is 108 Å². The summed E-state index contributed by atoms with van der Waals surface area (Å²) in [7, 11) is 0. The highest BCUT2D eigenvalue weighted by atomic mass is 16.4. The van der Waals surface area contributed by atoms with Crippen molar-refractivity contribution in [2.75, 3.05) is 39.3 Å². The van der Waals surface area contributed by atoms with Crippen molar-refractivity contribution in [1.82, 2.24) is 57.0 Å². The van der Waals surface area contributed by atoms with Gasteiger partial charge in [0.15, 0.2) is 11.9 Å². The number of guanidine groups is 2. The maximum atomic E-state index is 14.6. The molecule has 0 radical (unpaired) electrons. The molecule has 2 saturated heterocycles. The number of carboxylic acids is 1. The van der Waals surface area contributed by atoms with Crippen molar-refractivity contribution in [3.8, 4) is 0 Å². The molecular weight excluding hydrogens is 1120 g/mol. The Morgan fingerprint density at radius 1 is 0.628 bits per heavy atom. The molecule has 482 valence electrons. The number of imidazole rings is 1. The minimum atomic E-state index is -1.61. The van der Waals surface area contributed by atoms with Crippen molar-refractivity contribution in [3.05, 3.63) is 18.2 Å². The summed E-state index contributed by atoms with van der Waals surface area (Å²) >= 11 is 0. The molecule has 0 aromatic carbocycles. The highest BCUT2D eigenvalue weighted by Gasteiger charge is 2.42. The molecule has 10 amide bonds. The summed E-state index contributed by atoms with van der Waals surface area (Å²) in [6.07, 6.45) is 3.95. The molecule has 2 aliphatic heterocycles. The Hall–Kier alpha value is -8.20. The first kappa shape index (κ1) is 72.1. The number of hydrogen-bond donors (Lipinski definition) is 17. The number of nitrogens with two attached hydrogens (primary N) is 7. The van der Waals surface area contributed by atoms with E-state index in [2.05, 4.69) is 57.2 Å². The number of carboxylic acid groups (broad SMARTS) is 1. The van der Waals surface area contributed by atoms with Crippen molar-refractivity contribution in [2.45, 2.75) is 184 Å². The van der Waals surface area contributed by atoms with E-state index < -0.39 is 151 Å². The van der Waals surface area contributed by atoms with Crippen molar-refractivity contribution < 1.29 is 63.0 Å². The molecule has 10 atom stereocenters. The topological polar surface area (TPSA) is 554 Å². The molecule has 0 unspecified atom stereocenters. The Morgan fingerprint density at radius 3 is 1.62 bits per heavy atom. The van der Waals surface area contributed by atoms with Crippen LogP contribution < -0.4 is 77.4 Å². The van der Waals surface area contributed by atoms with E-state index in [4.69, 9.17) is 40.1 Å². The summed E-state index contributed by atoms with van der Waals surface area (Å²) in [6.45, 7) is 6.43. The normalized spacial score (nSPS) is 17.5. The van der Waals surface area contributed by atoms with E-state index in [1.54, 1.807) is 13.8 Å². The first-order valence-electron chi connectivity index (χ1n) is 29.1. The first-order valence-corrected chi connectivity index (χ1v) is 29.1. The minimum absolute atomic E-state index is 0.00383. The zero-order valence-corrected chi connectivity index (χ0v) is 49.6. The van der Waals surface area contributed by atoms with Crippen molar-refractivity contribution in [2.24, 2.45) is 62.0 Å². The Bertz CT molecular complexity index is 2510. The third-order valence-corrected chi connectivity index (χ3v) is 14.4. The predicted octanol–water partition coefficient (Wildman–Crippen LogP) is -6.06. The van der Waals surface area contributed by atoms with Gasteiger partial charge < -0.3 is 102 Å². The van der Waals surface area contributed by atoms with Gasteiger partial charge in [-0.3, -0.25) is 57.9 Å². The van der Waals surface area contributed by atoms with Crippen molar-refractivity contribution in [3.63, 3.8) is 0 Å². The number of aromatic nitrogens is 2. The fourth-order valence-corrected chi connectivity index (χ4v) is 9.87. The minimum Gasteiger partial charge on any atom is -0.480 e. The van der Waals surface area contributed by atoms with E-state index in [0.29, 0.717) is 31.4 Å². The average Bonchev–Trinajstić information content (AvgIpc) is 3.20. The summed E-state index contributed by atoms with van der Waals surface area (Å²) in [4.78, 5) is 168. The number of unbranched alkanes of at least 4 members (excludes halogenated alkanes) is 1. The summed E-state index contributed by atoms with van der Waals surface area (Å²) in [5, 5.41) is 38.3. The van der Waals surface area contributed by atoms with Crippen LogP contribution in [0, 0.1) is 11.8 Å². The van der Waals surface area contributed by atoms with E-state index in [0.717, 1.165) is 4.90 Å². The lowest BCUT2D eigenvalue weighted by Gasteiger charge is -2.31. The molecule has 33 heteroatoms. The number of nitrogens with one attached hydrogen (secondary N) is 8. The number of carbonyl (C=O) groups is 11. The quantitative estimate of drug-likeness (QED) is 0.0166. The Balaban J connectivity index is 1.92. The number of aliphatic imine (C=N–C) groups is 2. The molecule has 2 fully saturated rings. The molecule has 1 aromatic heterocycles. The van der Waals surface area contributed by atoms with Gasteiger partial charge in [-0.05, 0) is 102 Å². The Kier molecular flexibility index (Phi) is 30.7. The third-order valence-electron chi connectivity index (χ3n) is 14.4. The summed E-state index contributed by atoms with van der Waals surface area (Å²) in [5.74, 6) is -10.6. The van der Waals surface area contributed by atoms with Gasteiger partial charge in [-0.25, -0.2) is 9.78 Å². The number of likely N-dealkylation sites (tertiary alicyclic amines) is 2. The second-order valence-electron chi connectivity index (χ2n) is 22.2. The second kappa shape index (κ2) is 36.6. The van der Waals surface area contributed by atoms with Crippen LogP contribution in [0.4, 0.5) is 0 Å². The maximum Gasteiger partial charge on any atom is 0.326 e. The highest BCUT2D eigenvalue weighted by molar-refractivity contribution is 5.99. The lowest BCUT2D eigenvalue weighted by molar-refractivity contribution is -0.150. The first-order chi connectivity index (χ1) is 40.7. The van der Waals surface area contributed by atoms with Gasteiger partial charge in [0.05, 0.1) is 19.0 Å². The van der Waals surface area contributed by atoms with Crippen LogP contribution in [0.1, 0.15) is 123 Å². The number of rotatable bonds is 38. The maximum absolute atomic E-state index is 14.6. The van der Waals surface area contributed by atoms with Gasteiger partial charge in [-0.15, -0.1) is 0 Å². The van der Waals surface area contributed by atoms with Crippen LogP contribution in [-0.4, -0.2) is 207 Å². The third kappa shape index (κ3) is 24.0. The van der Waals surface area contributed by atoms with Gasteiger partial charge in [-0.1, -0.05) is 27.7 Å². The van der Waals surface area contributed by atoms with Crippen LogP contribution in [0.3, 0.4) is 0 Å². The lowest BCUT2D eigenvalue weighted by Crippen LogP contribution is -2.61. The SMILES string of the molecule is CC(C)C[C@H](NC(=O)[C@@H](N)Cc1cnc[nH]1)C(=O)N[C@H](C(=O)N[C@@H](CCCCN)C(=O)N[C@@H](CCCN=C(N)N)C(=O)N[C@@H](CCC(N)=O)C(=O)N[C@@H](CCCN=C(N)N)C(=O)N1CCC[C@H]1C(=O)N[C@@H](CO)C(=O)N1CCC[C@H]1C(=O)O)C(C)C.